The molecule has 6 heteroatoms. The lowest BCUT2D eigenvalue weighted by Gasteiger charge is -2.32. The van der Waals surface area contributed by atoms with E-state index in [0.29, 0.717) is 17.9 Å². The summed E-state index contributed by atoms with van der Waals surface area (Å²) < 4.78 is 18.1. The molecule has 3 heterocycles. The lowest BCUT2D eigenvalue weighted by Crippen LogP contribution is -2.39. The molecular formula is C20H18FN3O2. The maximum Gasteiger partial charge on any atom is 0.257 e. The largest absolute Gasteiger partial charge is 0.472 e. The van der Waals surface area contributed by atoms with Crippen LogP contribution in [0.4, 0.5) is 4.39 Å². The lowest BCUT2D eigenvalue weighted by atomic mass is 9.94. The Morgan fingerprint density at radius 2 is 2.04 bits per heavy atom. The van der Waals surface area contributed by atoms with Crippen LogP contribution < -0.4 is 0 Å². The molecule has 1 amide bonds. The van der Waals surface area contributed by atoms with Crippen molar-refractivity contribution < 1.29 is 13.6 Å². The highest BCUT2D eigenvalue weighted by Crippen LogP contribution is 2.27. The van der Waals surface area contributed by atoms with E-state index in [1.54, 1.807) is 24.4 Å². The topological polar surface area (TPSA) is 59.2 Å². The molecular weight excluding hydrogens is 333 g/mol. The van der Waals surface area contributed by atoms with E-state index in [4.69, 9.17) is 4.42 Å². The zero-order valence-corrected chi connectivity index (χ0v) is 14.1. The van der Waals surface area contributed by atoms with Crippen molar-refractivity contribution in [2.24, 2.45) is 0 Å². The van der Waals surface area contributed by atoms with Crippen molar-refractivity contribution >= 4 is 5.91 Å². The number of nitrogens with zero attached hydrogens (tertiary/aromatic N) is 3. The van der Waals surface area contributed by atoms with Gasteiger partial charge in [-0.1, -0.05) is 0 Å². The van der Waals surface area contributed by atoms with Gasteiger partial charge in [0, 0.05) is 36.5 Å². The highest BCUT2D eigenvalue weighted by molar-refractivity contribution is 5.93. The maximum absolute atomic E-state index is 13.1. The van der Waals surface area contributed by atoms with Crippen LogP contribution in [0, 0.1) is 5.82 Å². The monoisotopic (exact) mass is 351 g/mol. The standard InChI is InChI=1S/C20H18FN3O2/c21-17-5-3-14(4-6-17)19-22-9-7-18(23-19)15-2-1-10-24(12-15)20(25)16-8-11-26-13-16/h3-9,11,13,15H,1-2,10,12H2. The molecule has 1 aliphatic heterocycles. The number of carbonyl (C=O) groups is 1. The van der Waals surface area contributed by atoms with Gasteiger partial charge in [-0.2, -0.15) is 0 Å². The van der Waals surface area contributed by atoms with Gasteiger partial charge in [-0.25, -0.2) is 14.4 Å². The molecule has 1 atom stereocenters. The summed E-state index contributed by atoms with van der Waals surface area (Å²) in [6, 6.07) is 9.72. The molecule has 1 aromatic carbocycles. The van der Waals surface area contributed by atoms with E-state index >= 15 is 0 Å². The third-order valence-electron chi connectivity index (χ3n) is 4.67. The molecule has 1 saturated heterocycles. The minimum Gasteiger partial charge on any atom is -0.472 e. The Hall–Kier alpha value is -3.02. The smallest absolute Gasteiger partial charge is 0.257 e. The van der Waals surface area contributed by atoms with Gasteiger partial charge in [-0.05, 0) is 49.2 Å². The van der Waals surface area contributed by atoms with E-state index in [9.17, 15) is 9.18 Å². The first-order valence-electron chi connectivity index (χ1n) is 8.61. The number of hydrogen-bond acceptors (Lipinski definition) is 4. The second kappa shape index (κ2) is 7.07. The molecule has 0 saturated carbocycles. The Labute approximate surface area is 150 Å². The van der Waals surface area contributed by atoms with E-state index in [-0.39, 0.29) is 17.6 Å². The molecule has 4 rings (SSSR count). The van der Waals surface area contributed by atoms with Crippen molar-refractivity contribution in [2.75, 3.05) is 13.1 Å². The number of hydrogen-bond donors (Lipinski definition) is 0. The lowest BCUT2D eigenvalue weighted by molar-refractivity contribution is 0.0705. The van der Waals surface area contributed by atoms with Gasteiger partial charge < -0.3 is 9.32 Å². The molecule has 1 unspecified atom stereocenters. The van der Waals surface area contributed by atoms with E-state index in [1.165, 1.54) is 24.7 Å². The number of furan rings is 1. The van der Waals surface area contributed by atoms with Crippen LogP contribution in [-0.2, 0) is 0 Å². The summed E-state index contributed by atoms with van der Waals surface area (Å²) in [5.41, 5.74) is 2.25. The number of carbonyl (C=O) groups excluding carboxylic acids is 1. The Kier molecular flexibility index (Phi) is 4.48. The molecule has 3 aromatic rings. The Balaban J connectivity index is 1.54. The number of halogens is 1. The summed E-state index contributed by atoms with van der Waals surface area (Å²) in [4.78, 5) is 23.4. The van der Waals surface area contributed by atoms with Gasteiger partial charge in [0.1, 0.15) is 12.1 Å². The quantitative estimate of drug-likeness (QED) is 0.718. The van der Waals surface area contributed by atoms with Crippen LogP contribution in [0.1, 0.15) is 34.8 Å². The van der Waals surface area contributed by atoms with Gasteiger partial charge in [-0.15, -0.1) is 0 Å². The van der Waals surface area contributed by atoms with Crippen LogP contribution in [0.3, 0.4) is 0 Å². The molecule has 0 N–H and O–H groups in total. The molecule has 1 aliphatic rings. The molecule has 132 valence electrons. The number of amides is 1. The van der Waals surface area contributed by atoms with Gasteiger partial charge in [0.25, 0.3) is 5.91 Å². The SMILES string of the molecule is O=C(c1ccoc1)N1CCCC(c2ccnc(-c3ccc(F)cc3)n2)C1. The maximum atomic E-state index is 13.1. The van der Waals surface area contributed by atoms with Gasteiger partial charge in [0.15, 0.2) is 5.82 Å². The normalized spacial score (nSPS) is 17.3. The molecule has 5 nitrogen and oxygen atoms in total. The summed E-state index contributed by atoms with van der Waals surface area (Å²) in [5, 5.41) is 0. The van der Waals surface area contributed by atoms with Crippen LogP contribution in [0.25, 0.3) is 11.4 Å². The van der Waals surface area contributed by atoms with Gasteiger partial charge in [0.2, 0.25) is 0 Å². The number of benzene rings is 1. The second-order valence-electron chi connectivity index (χ2n) is 6.41. The third kappa shape index (κ3) is 3.35. The molecule has 0 bridgehead atoms. The first-order valence-corrected chi connectivity index (χ1v) is 8.61. The molecule has 2 aromatic heterocycles. The average Bonchev–Trinajstić information content (AvgIpc) is 3.23. The average molecular weight is 351 g/mol. The fraction of sp³-hybridized carbons (Fsp3) is 0.250. The van der Waals surface area contributed by atoms with Crippen molar-refractivity contribution in [3.63, 3.8) is 0 Å². The zero-order valence-electron chi connectivity index (χ0n) is 14.1. The van der Waals surface area contributed by atoms with Gasteiger partial charge >= 0.3 is 0 Å². The van der Waals surface area contributed by atoms with Crippen LogP contribution in [0.15, 0.2) is 59.5 Å². The molecule has 26 heavy (non-hydrogen) atoms. The second-order valence-corrected chi connectivity index (χ2v) is 6.41. The number of aromatic nitrogens is 2. The Morgan fingerprint density at radius 1 is 1.19 bits per heavy atom. The highest BCUT2D eigenvalue weighted by Gasteiger charge is 2.27. The van der Waals surface area contributed by atoms with Crippen molar-refractivity contribution in [3.05, 3.63) is 72.2 Å². The number of likely N-dealkylation sites (tertiary alicyclic amines) is 1. The van der Waals surface area contributed by atoms with Crippen molar-refractivity contribution in [1.29, 1.82) is 0 Å². The number of rotatable bonds is 3. The van der Waals surface area contributed by atoms with E-state index in [2.05, 4.69) is 9.97 Å². The number of piperidine rings is 1. The molecule has 0 radical (unpaired) electrons. The third-order valence-corrected chi connectivity index (χ3v) is 4.67. The van der Waals surface area contributed by atoms with E-state index < -0.39 is 0 Å². The Bertz CT molecular complexity index is 894. The first-order chi connectivity index (χ1) is 12.7. The predicted molar refractivity (Wildman–Crippen MR) is 94.0 cm³/mol. The van der Waals surface area contributed by atoms with Gasteiger partial charge in [0.05, 0.1) is 11.8 Å². The predicted octanol–water partition coefficient (Wildman–Crippen LogP) is 3.90. The van der Waals surface area contributed by atoms with Crippen LogP contribution >= 0.6 is 0 Å². The molecule has 0 aliphatic carbocycles. The fourth-order valence-electron chi connectivity index (χ4n) is 3.31. The van der Waals surface area contributed by atoms with Crippen LogP contribution in [0.2, 0.25) is 0 Å². The summed E-state index contributed by atoms with van der Waals surface area (Å²) in [6.07, 6.45) is 6.59. The van der Waals surface area contributed by atoms with E-state index in [1.807, 2.05) is 11.0 Å². The summed E-state index contributed by atoms with van der Waals surface area (Å²) >= 11 is 0. The summed E-state index contributed by atoms with van der Waals surface area (Å²) in [7, 11) is 0. The minimum atomic E-state index is -0.286. The zero-order chi connectivity index (χ0) is 17.9. The first kappa shape index (κ1) is 16.4. The summed E-state index contributed by atoms with van der Waals surface area (Å²) in [6.45, 7) is 1.35. The van der Waals surface area contributed by atoms with Gasteiger partial charge in [-0.3, -0.25) is 4.79 Å². The minimum absolute atomic E-state index is 0.0173. The van der Waals surface area contributed by atoms with Crippen LogP contribution in [-0.4, -0.2) is 33.9 Å². The highest BCUT2D eigenvalue weighted by atomic mass is 19.1. The van der Waals surface area contributed by atoms with Crippen molar-refractivity contribution in [3.8, 4) is 11.4 Å². The molecule has 1 fully saturated rings. The van der Waals surface area contributed by atoms with E-state index in [0.717, 1.165) is 30.6 Å². The Morgan fingerprint density at radius 3 is 2.81 bits per heavy atom. The van der Waals surface area contributed by atoms with Crippen LogP contribution in [0.5, 0.6) is 0 Å². The summed E-state index contributed by atoms with van der Waals surface area (Å²) in [5.74, 6) is 0.421. The van der Waals surface area contributed by atoms with Crippen molar-refractivity contribution in [2.45, 2.75) is 18.8 Å². The molecule has 0 spiro atoms. The van der Waals surface area contributed by atoms with Crippen molar-refractivity contribution in [1.82, 2.24) is 14.9 Å². The fourth-order valence-corrected chi connectivity index (χ4v) is 3.31.